The lowest BCUT2D eigenvalue weighted by atomic mass is 10.2. The molecule has 0 aliphatic heterocycles. The Bertz CT molecular complexity index is 1320. The minimum Gasteiger partial charge on any atom is -0.324 e. The smallest absolute Gasteiger partial charge is 0.271 e. The highest BCUT2D eigenvalue weighted by molar-refractivity contribution is 8.00. The molecule has 0 aliphatic rings. The summed E-state index contributed by atoms with van der Waals surface area (Å²) in [7, 11) is 0. The monoisotopic (exact) mass is 494 g/mol. The Hall–Kier alpha value is -3.76. The number of carbonyl (C=O) groups is 1. The summed E-state index contributed by atoms with van der Waals surface area (Å²) in [6.45, 7) is 2.22. The molecule has 0 saturated heterocycles. The van der Waals surface area contributed by atoms with Gasteiger partial charge in [-0.25, -0.2) is 0 Å². The van der Waals surface area contributed by atoms with Crippen molar-refractivity contribution in [3.05, 3.63) is 93.8 Å². The summed E-state index contributed by atoms with van der Waals surface area (Å²) in [4.78, 5) is 27.5. The molecule has 4 aromatic rings. The summed E-state index contributed by atoms with van der Waals surface area (Å²) in [5.74, 6) is 0.262. The lowest BCUT2D eigenvalue weighted by molar-refractivity contribution is -0.384. The minimum absolute atomic E-state index is 0.163. The number of thioether (sulfide) groups is 1. The van der Waals surface area contributed by atoms with E-state index in [1.165, 1.54) is 30.0 Å². The maximum absolute atomic E-state index is 12.9. The zero-order valence-electron chi connectivity index (χ0n) is 18.0. The molecule has 1 unspecified atom stereocenters. The van der Waals surface area contributed by atoms with Gasteiger partial charge in [0, 0.05) is 30.1 Å². The van der Waals surface area contributed by atoms with Crippen LogP contribution in [0.15, 0.2) is 78.2 Å². The lowest BCUT2D eigenvalue weighted by Gasteiger charge is -2.14. The third-order valence-corrected chi connectivity index (χ3v) is 6.30. The first kappa shape index (κ1) is 23.4. The quantitative estimate of drug-likeness (QED) is 0.206. The number of nitrogens with zero attached hydrogens (tertiary/aromatic N) is 5. The van der Waals surface area contributed by atoms with Crippen molar-refractivity contribution in [3.8, 4) is 11.4 Å². The molecule has 2 aromatic heterocycles. The Morgan fingerprint density at radius 3 is 2.68 bits per heavy atom. The fraction of sp³-hybridized carbons (Fsp3) is 0.130. The second-order valence-electron chi connectivity index (χ2n) is 7.29. The van der Waals surface area contributed by atoms with Crippen LogP contribution in [0.5, 0.6) is 0 Å². The van der Waals surface area contributed by atoms with Crippen molar-refractivity contribution in [2.45, 2.75) is 23.9 Å². The lowest BCUT2D eigenvalue weighted by Crippen LogP contribution is -2.23. The van der Waals surface area contributed by atoms with Crippen molar-refractivity contribution in [1.29, 1.82) is 0 Å². The van der Waals surface area contributed by atoms with E-state index in [1.807, 2.05) is 47.0 Å². The number of rotatable bonds is 8. The molecule has 0 fully saturated rings. The van der Waals surface area contributed by atoms with Crippen molar-refractivity contribution in [2.75, 3.05) is 5.32 Å². The summed E-state index contributed by atoms with van der Waals surface area (Å²) in [5, 5.41) is 22.6. The number of aromatic nitrogens is 4. The molecule has 1 atom stereocenters. The van der Waals surface area contributed by atoms with Gasteiger partial charge in [-0.15, -0.1) is 10.2 Å². The molecule has 0 saturated carbocycles. The van der Waals surface area contributed by atoms with Crippen LogP contribution in [0.25, 0.3) is 11.4 Å². The molecule has 9 nitrogen and oxygen atoms in total. The van der Waals surface area contributed by atoms with Crippen LogP contribution < -0.4 is 5.32 Å². The standard InChI is InChI=1S/C23H19ClN6O3S/c1-15(22(31)26-20-12-18(30(32)33)9-10-19(20)24)34-23-28-27-21(17-8-5-11-25-13-17)29(23)14-16-6-3-2-4-7-16/h2-13,15H,14H2,1H3,(H,26,31). The molecule has 0 aliphatic carbocycles. The highest BCUT2D eigenvalue weighted by Crippen LogP contribution is 2.30. The van der Waals surface area contributed by atoms with Crippen molar-refractivity contribution in [1.82, 2.24) is 19.7 Å². The molecule has 0 spiro atoms. The van der Waals surface area contributed by atoms with Gasteiger partial charge in [0.05, 0.1) is 27.4 Å². The number of halogens is 1. The van der Waals surface area contributed by atoms with Crippen LogP contribution in [0, 0.1) is 10.1 Å². The average molecular weight is 495 g/mol. The van der Waals surface area contributed by atoms with Gasteiger partial charge in [-0.1, -0.05) is 53.7 Å². The van der Waals surface area contributed by atoms with Gasteiger partial charge in [0.2, 0.25) is 5.91 Å². The number of hydrogen-bond donors (Lipinski definition) is 1. The van der Waals surface area contributed by atoms with E-state index in [4.69, 9.17) is 11.6 Å². The Kier molecular flexibility index (Phi) is 7.19. The predicted octanol–water partition coefficient (Wildman–Crippen LogP) is 5.07. The van der Waals surface area contributed by atoms with Crippen molar-refractivity contribution in [3.63, 3.8) is 0 Å². The number of hydrogen-bond acceptors (Lipinski definition) is 7. The largest absolute Gasteiger partial charge is 0.324 e. The number of nitrogens with one attached hydrogen (secondary N) is 1. The molecule has 2 heterocycles. The maximum atomic E-state index is 12.9. The molecular weight excluding hydrogens is 476 g/mol. The third-order valence-electron chi connectivity index (χ3n) is 4.89. The second kappa shape index (κ2) is 10.4. The molecule has 1 amide bonds. The highest BCUT2D eigenvalue weighted by atomic mass is 35.5. The molecule has 4 rings (SSSR count). The Morgan fingerprint density at radius 1 is 1.18 bits per heavy atom. The van der Waals surface area contributed by atoms with E-state index in [1.54, 1.807) is 19.3 Å². The number of amides is 1. The van der Waals surface area contributed by atoms with Gasteiger partial charge in [-0.2, -0.15) is 0 Å². The van der Waals surface area contributed by atoms with Gasteiger partial charge in [0.15, 0.2) is 11.0 Å². The minimum atomic E-state index is -0.587. The van der Waals surface area contributed by atoms with Gasteiger partial charge in [-0.3, -0.25) is 24.5 Å². The Balaban J connectivity index is 1.58. The Labute approximate surface area is 204 Å². The van der Waals surface area contributed by atoms with Gasteiger partial charge in [-0.05, 0) is 30.7 Å². The van der Waals surface area contributed by atoms with Crippen LogP contribution in [0.4, 0.5) is 11.4 Å². The number of nitro groups is 1. The van der Waals surface area contributed by atoms with E-state index in [0.717, 1.165) is 11.1 Å². The topological polar surface area (TPSA) is 116 Å². The van der Waals surface area contributed by atoms with Crippen LogP contribution in [0.2, 0.25) is 5.02 Å². The molecule has 0 radical (unpaired) electrons. The predicted molar refractivity (Wildman–Crippen MR) is 131 cm³/mol. The fourth-order valence-corrected chi connectivity index (χ4v) is 4.17. The van der Waals surface area contributed by atoms with E-state index < -0.39 is 10.2 Å². The van der Waals surface area contributed by atoms with Gasteiger partial charge in [0.1, 0.15) is 0 Å². The fourth-order valence-electron chi connectivity index (χ4n) is 3.16. The zero-order chi connectivity index (χ0) is 24.1. The molecule has 172 valence electrons. The second-order valence-corrected chi connectivity index (χ2v) is 9.01. The molecule has 0 bridgehead atoms. The third kappa shape index (κ3) is 5.41. The number of benzene rings is 2. The number of nitro benzene ring substituents is 1. The SMILES string of the molecule is CC(Sc1nnc(-c2cccnc2)n1Cc1ccccc1)C(=O)Nc1cc([N+](=O)[O-])ccc1Cl. The first-order valence-corrected chi connectivity index (χ1v) is 11.5. The van der Waals surface area contributed by atoms with Crippen LogP contribution in [-0.4, -0.2) is 35.8 Å². The summed E-state index contributed by atoms with van der Waals surface area (Å²) in [6, 6.07) is 17.5. The van der Waals surface area contributed by atoms with Crippen LogP contribution >= 0.6 is 23.4 Å². The number of pyridine rings is 1. The van der Waals surface area contributed by atoms with E-state index in [2.05, 4.69) is 20.5 Å². The Morgan fingerprint density at radius 2 is 1.97 bits per heavy atom. The van der Waals surface area contributed by atoms with Crippen molar-refractivity contribution in [2.24, 2.45) is 0 Å². The summed E-state index contributed by atoms with van der Waals surface area (Å²) >= 11 is 7.35. The summed E-state index contributed by atoms with van der Waals surface area (Å²) in [5.41, 5.74) is 1.87. The number of anilines is 1. The zero-order valence-corrected chi connectivity index (χ0v) is 19.5. The van der Waals surface area contributed by atoms with Gasteiger partial charge < -0.3 is 5.32 Å². The molecule has 2 aromatic carbocycles. The molecule has 1 N–H and O–H groups in total. The summed E-state index contributed by atoms with van der Waals surface area (Å²) in [6.07, 6.45) is 3.39. The first-order chi connectivity index (χ1) is 16.4. The van der Waals surface area contributed by atoms with Gasteiger partial charge in [0.25, 0.3) is 5.69 Å². The molecule has 11 heteroatoms. The first-order valence-electron chi connectivity index (χ1n) is 10.2. The van der Waals surface area contributed by atoms with Crippen molar-refractivity contribution < 1.29 is 9.72 Å². The van der Waals surface area contributed by atoms with E-state index in [0.29, 0.717) is 17.5 Å². The summed E-state index contributed by atoms with van der Waals surface area (Å²) < 4.78 is 1.93. The van der Waals surface area contributed by atoms with Crippen LogP contribution in [-0.2, 0) is 11.3 Å². The molecular formula is C23H19ClN6O3S. The van der Waals surface area contributed by atoms with E-state index in [9.17, 15) is 14.9 Å². The maximum Gasteiger partial charge on any atom is 0.271 e. The van der Waals surface area contributed by atoms with Crippen molar-refractivity contribution >= 4 is 40.6 Å². The number of non-ortho nitro benzene ring substituents is 1. The molecule has 34 heavy (non-hydrogen) atoms. The number of carbonyl (C=O) groups excluding carboxylic acids is 1. The highest BCUT2D eigenvalue weighted by Gasteiger charge is 2.22. The van der Waals surface area contributed by atoms with Crippen LogP contribution in [0.1, 0.15) is 12.5 Å². The van der Waals surface area contributed by atoms with E-state index >= 15 is 0 Å². The average Bonchev–Trinajstić information content (AvgIpc) is 3.23. The normalized spacial score (nSPS) is 11.7. The van der Waals surface area contributed by atoms with Gasteiger partial charge >= 0.3 is 0 Å². The van der Waals surface area contributed by atoms with E-state index in [-0.39, 0.29) is 22.3 Å². The van der Waals surface area contributed by atoms with Crippen LogP contribution in [0.3, 0.4) is 0 Å².